The lowest BCUT2D eigenvalue weighted by Crippen LogP contribution is -2.91. The van der Waals surface area contributed by atoms with Crippen LogP contribution in [0.4, 0.5) is 5.69 Å². The fourth-order valence-electron chi connectivity index (χ4n) is 2.33. The second-order valence-electron chi connectivity index (χ2n) is 5.17. The van der Waals surface area contributed by atoms with Gasteiger partial charge in [-0.15, -0.1) is 0 Å². The number of unbranched alkanes of at least 4 members (excludes halogenated alkanes) is 1. The summed E-state index contributed by atoms with van der Waals surface area (Å²) in [7, 11) is 0. The van der Waals surface area contributed by atoms with Crippen LogP contribution >= 0.6 is 0 Å². The summed E-state index contributed by atoms with van der Waals surface area (Å²) < 4.78 is 5.56. The molecule has 0 bridgehead atoms. The highest BCUT2D eigenvalue weighted by atomic mass is 16.5. The first-order valence-corrected chi connectivity index (χ1v) is 7.47. The molecule has 0 saturated carbocycles. The van der Waals surface area contributed by atoms with Crippen molar-refractivity contribution in [2.24, 2.45) is 0 Å². The molecular weight excluding hydrogens is 282 g/mol. The van der Waals surface area contributed by atoms with E-state index in [-0.39, 0.29) is 24.8 Å². The predicted octanol–water partition coefficient (Wildman–Crippen LogP) is 0.584. The van der Waals surface area contributed by atoms with Crippen LogP contribution in [0.3, 0.4) is 0 Å². The highest BCUT2D eigenvalue weighted by Gasteiger charge is 2.42. The monoisotopic (exact) mass is 302 g/mol. The van der Waals surface area contributed by atoms with Crippen molar-refractivity contribution >= 4 is 17.5 Å². The van der Waals surface area contributed by atoms with Gasteiger partial charge in [-0.1, -0.05) is 13.3 Å². The van der Waals surface area contributed by atoms with Crippen molar-refractivity contribution in [3.63, 3.8) is 0 Å². The maximum Gasteiger partial charge on any atom is 0.292 e. The molecule has 1 aliphatic rings. The minimum atomic E-state index is -0.493. The number of hydrogen-bond donors (Lipinski definition) is 1. The Morgan fingerprint density at radius 2 is 2.09 bits per heavy atom. The maximum atomic E-state index is 12.3. The van der Waals surface area contributed by atoms with E-state index in [4.69, 9.17) is 10.00 Å². The van der Waals surface area contributed by atoms with Gasteiger partial charge >= 0.3 is 0 Å². The molecule has 6 nitrogen and oxygen atoms in total. The van der Waals surface area contributed by atoms with Gasteiger partial charge in [0.15, 0.2) is 12.6 Å². The van der Waals surface area contributed by atoms with Crippen LogP contribution in [-0.4, -0.2) is 31.0 Å². The number of benzene rings is 1. The third kappa shape index (κ3) is 3.62. The van der Waals surface area contributed by atoms with E-state index in [1.54, 1.807) is 29.6 Å². The Labute approximate surface area is 129 Å². The largest absolute Gasteiger partial charge is 0.494 e. The van der Waals surface area contributed by atoms with E-state index >= 15 is 0 Å². The first kappa shape index (κ1) is 16.0. The average molecular weight is 302 g/mol. The quantitative estimate of drug-likeness (QED) is 0.453. The Morgan fingerprint density at radius 3 is 2.73 bits per heavy atom. The number of rotatable bonds is 7. The van der Waals surface area contributed by atoms with Crippen LogP contribution in [0, 0.1) is 11.3 Å². The molecule has 1 heterocycles. The highest BCUT2D eigenvalue weighted by Crippen LogP contribution is 2.24. The van der Waals surface area contributed by atoms with Crippen LogP contribution in [0.15, 0.2) is 24.3 Å². The fourth-order valence-corrected chi connectivity index (χ4v) is 2.33. The summed E-state index contributed by atoms with van der Waals surface area (Å²) >= 11 is 0. The molecule has 0 aliphatic carbocycles. The number of nitriles is 1. The minimum Gasteiger partial charge on any atom is -0.494 e. The Bertz CT molecular complexity index is 577. The number of nitrogens with two attached hydrogens (primary N) is 1. The zero-order valence-electron chi connectivity index (χ0n) is 12.6. The number of amides is 2. The van der Waals surface area contributed by atoms with Crippen molar-refractivity contribution in [3.8, 4) is 11.8 Å². The SMILES string of the molecule is CCCCOc1ccc(N2C(=O)C[C@@H]([NH2+]CC#N)C2=O)cc1. The van der Waals surface area contributed by atoms with Gasteiger partial charge in [-0.2, -0.15) is 5.26 Å². The van der Waals surface area contributed by atoms with Crippen molar-refractivity contribution < 1.29 is 19.6 Å². The van der Waals surface area contributed by atoms with Crippen LogP contribution in [0.5, 0.6) is 5.75 Å². The molecule has 116 valence electrons. The van der Waals surface area contributed by atoms with Crippen LogP contribution in [0.25, 0.3) is 0 Å². The first-order chi connectivity index (χ1) is 10.7. The number of carbonyl (C=O) groups is 2. The molecule has 1 fully saturated rings. The van der Waals surface area contributed by atoms with Crippen molar-refractivity contribution in [1.29, 1.82) is 5.26 Å². The third-order valence-corrected chi connectivity index (χ3v) is 3.54. The lowest BCUT2D eigenvalue weighted by Gasteiger charge is -2.14. The Kier molecular flexibility index (Phi) is 5.50. The number of ether oxygens (including phenoxy) is 1. The van der Waals surface area contributed by atoms with Gasteiger partial charge in [0.05, 0.1) is 18.7 Å². The molecule has 0 aromatic heterocycles. The van der Waals surface area contributed by atoms with Crippen LogP contribution in [-0.2, 0) is 9.59 Å². The van der Waals surface area contributed by atoms with Gasteiger partial charge in [0.25, 0.3) is 5.91 Å². The molecular formula is C16H20N3O3+. The van der Waals surface area contributed by atoms with Gasteiger partial charge < -0.3 is 10.1 Å². The molecule has 1 aromatic rings. The smallest absolute Gasteiger partial charge is 0.292 e. The Morgan fingerprint density at radius 1 is 1.36 bits per heavy atom. The van der Waals surface area contributed by atoms with Gasteiger partial charge in [0, 0.05) is 0 Å². The summed E-state index contributed by atoms with van der Waals surface area (Å²) in [6.07, 6.45) is 2.19. The molecule has 6 heteroatoms. The standard InChI is InChI=1S/C16H19N3O3/c1-2-3-10-22-13-6-4-12(5-7-13)19-15(20)11-14(16(19)21)18-9-8-17/h4-7,14,18H,2-3,9-11H2,1H3/p+1/t14-/m1/s1. The van der Waals surface area contributed by atoms with Crippen molar-refractivity contribution in [1.82, 2.24) is 0 Å². The number of nitrogens with zero attached hydrogens (tertiary/aromatic N) is 2. The Balaban J connectivity index is 2.03. The maximum absolute atomic E-state index is 12.3. The van der Waals surface area contributed by atoms with Gasteiger partial charge in [-0.3, -0.25) is 9.59 Å². The molecule has 22 heavy (non-hydrogen) atoms. The first-order valence-electron chi connectivity index (χ1n) is 7.47. The molecule has 0 unspecified atom stereocenters. The lowest BCUT2D eigenvalue weighted by molar-refractivity contribution is -0.664. The number of carbonyl (C=O) groups excluding carboxylic acids is 2. The second kappa shape index (κ2) is 7.57. The number of hydrogen-bond acceptors (Lipinski definition) is 4. The van der Waals surface area contributed by atoms with E-state index in [0.717, 1.165) is 18.6 Å². The fraction of sp³-hybridized carbons (Fsp3) is 0.438. The van der Waals surface area contributed by atoms with Crippen molar-refractivity contribution in [2.75, 3.05) is 18.1 Å². The van der Waals surface area contributed by atoms with Gasteiger partial charge in [0.1, 0.15) is 11.8 Å². The van der Waals surface area contributed by atoms with Gasteiger partial charge in [-0.25, -0.2) is 4.90 Å². The molecule has 2 amide bonds. The summed E-state index contributed by atoms with van der Waals surface area (Å²) in [5.74, 6) is 0.229. The topological polar surface area (TPSA) is 87.0 Å². The molecule has 2 rings (SSSR count). The van der Waals surface area contributed by atoms with Crippen LogP contribution in [0.2, 0.25) is 0 Å². The third-order valence-electron chi connectivity index (χ3n) is 3.54. The lowest BCUT2D eigenvalue weighted by atomic mass is 10.2. The van der Waals surface area contributed by atoms with Crippen LogP contribution in [0.1, 0.15) is 26.2 Å². The van der Waals surface area contributed by atoms with E-state index in [0.29, 0.717) is 12.3 Å². The summed E-state index contributed by atoms with van der Waals surface area (Å²) in [6, 6.07) is 8.42. The molecule has 2 N–H and O–H groups in total. The molecule has 1 aliphatic heterocycles. The second-order valence-corrected chi connectivity index (χ2v) is 5.17. The summed E-state index contributed by atoms with van der Waals surface area (Å²) in [6.45, 7) is 2.92. The number of imide groups is 1. The van der Waals surface area contributed by atoms with Crippen molar-refractivity contribution in [2.45, 2.75) is 32.2 Å². The molecule has 0 radical (unpaired) electrons. The van der Waals surface area contributed by atoms with Crippen molar-refractivity contribution in [3.05, 3.63) is 24.3 Å². The van der Waals surface area contributed by atoms with Gasteiger partial charge in [-0.05, 0) is 30.7 Å². The van der Waals surface area contributed by atoms with E-state index in [1.165, 1.54) is 4.90 Å². The highest BCUT2D eigenvalue weighted by molar-refractivity contribution is 6.21. The minimum absolute atomic E-state index is 0.134. The Hall–Kier alpha value is -2.39. The number of anilines is 1. The zero-order chi connectivity index (χ0) is 15.9. The van der Waals surface area contributed by atoms with E-state index in [9.17, 15) is 9.59 Å². The predicted molar refractivity (Wildman–Crippen MR) is 80.1 cm³/mol. The normalized spacial score (nSPS) is 17.6. The molecule has 1 aromatic carbocycles. The average Bonchev–Trinajstić information content (AvgIpc) is 2.80. The molecule has 1 atom stereocenters. The van der Waals surface area contributed by atoms with E-state index in [1.807, 2.05) is 6.07 Å². The summed E-state index contributed by atoms with van der Waals surface area (Å²) in [4.78, 5) is 25.5. The van der Waals surface area contributed by atoms with Crippen LogP contribution < -0.4 is 15.0 Å². The zero-order valence-corrected chi connectivity index (χ0v) is 12.6. The summed E-state index contributed by atoms with van der Waals surface area (Å²) in [5, 5.41) is 10.2. The molecule has 0 spiro atoms. The van der Waals surface area contributed by atoms with E-state index < -0.39 is 6.04 Å². The molecule has 1 saturated heterocycles. The van der Waals surface area contributed by atoms with Gasteiger partial charge in [0.2, 0.25) is 5.91 Å². The summed E-state index contributed by atoms with van der Waals surface area (Å²) in [5.41, 5.74) is 0.547. The number of quaternary nitrogens is 1. The van der Waals surface area contributed by atoms with E-state index in [2.05, 4.69) is 6.92 Å².